The number of nitrogens with one attached hydrogen (secondary N) is 1. The second kappa shape index (κ2) is 10.8. The summed E-state index contributed by atoms with van der Waals surface area (Å²) in [6, 6.07) is 13.3. The lowest BCUT2D eigenvalue weighted by molar-refractivity contribution is 0.162. The summed E-state index contributed by atoms with van der Waals surface area (Å²) in [5.41, 5.74) is 5.31. The van der Waals surface area contributed by atoms with E-state index in [1.165, 1.54) is 46.4 Å². The van der Waals surface area contributed by atoms with Crippen molar-refractivity contribution in [1.82, 2.24) is 19.4 Å². The number of thiophene rings is 1. The Hall–Kier alpha value is -2.28. The van der Waals surface area contributed by atoms with E-state index in [2.05, 4.69) is 69.5 Å². The highest BCUT2D eigenvalue weighted by Gasteiger charge is 2.26. The van der Waals surface area contributed by atoms with Crippen LogP contribution in [0.3, 0.4) is 0 Å². The smallest absolute Gasteiger partial charge is 0.156 e. The molecule has 1 aliphatic carbocycles. The highest BCUT2D eigenvalue weighted by Crippen LogP contribution is 2.39. The largest absolute Gasteiger partial charge is 0.490 e. The number of hydrogen-bond donors (Lipinski definition) is 1. The van der Waals surface area contributed by atoms with E-state index >= 15 is 0 Å². The molecule has 4 heterocycles. The standard InChI is InChI=1S/C28H34N4OS.ClH/c1-31-24-12-16-34-27(24)18-25(31)28-30-19-26(21-7-3-8-21)32(28)15-4-6-20-5-2-9-23(17-20)33-22-10-13-29-14-11-22;/h2,5,9,12,16-19,21-22,29H,3-4,6-8,10-11,13-15H2,1H3;1H. The fourth-order valence-electron chi connectivity index (χ4n) is 5.44. The van der Waals surface area contributed by atoms with Crippen molar-refractivity contribution in [3.63, 3.8) is 0 Å². The van der Waals surface area contributed by atoms with Gasteiger partial charge in [-0.2, -0.15) is 0 Å². The van der Waals surface area contributed by atoms with Gasteiger partial charge in [-0.15, -0.1) is 23.7 Å². The molecule has 1 N–H and O–H groups in total. The van der Waals surface area contributed by atoms with Crippen LogP contribution in [-0.2, 0) is 20.0 Å². The molecule has 0 spiro atoms. The summed E-state index contributed by atoms with van der Waals surface area (Å²) in [6.07, 6.45) is 10.7. The lowest BCUT2D eigenvalue weighted by Crippen LogP contribution is -2.34. The first-order valence-corrected chi connectivity index (χ1v) is 13.7. The molecule has 2 aliphatic rings. The third kappa shape index (κ3) is 5.02. The minimum atomic E-state index is 0. The average molecular weight is 511 g/mol. The number of hydrogen-bond acceptors (Lipinski definition) is 4. The van der Waals surface area contributed by atoms with Crippen LogP contribution in [0.15, 0.2) is 48.0 Å². The Morgan fingerprint density at radius 2 is 1.97 bits per heavy atom. The van der Waals surface area contributed by atoms with Crippen LogP contribution in [0.2, 0.25) is 0 Å². The van der Waals surface area contributed by atoms with Gasteiger partial charge < -0.3 is 19.2 Å². The van der Waals surface area contributed by atoms with Crippen molar-refractivity contribution >= 4 is 34.0 Å². The van der Waals surface area contributed by atoms with Crippen molar-refractivity contribution in [1.29, 1.82) is 0 Å². The molecule has 4 aromatic rings. The van der Waals surface area contributed by atoms with Crippen molar-refractivity contribution < 1.29 is 4.74 Å². The topological polar surface area (TPSA) is 44.0 Å². The Kier molecular flexibility index (Phi) is 7.51. The maximum atomic E-state index is 6.28. The van der Waals surface area contributed by atoms with E-state index in [1.54, 1.807) is 0 Å². The molecule has 1 aromatic carbocycles. The fourth-order valence-corrected chi connectivity index (χ4v) is 6.29. The molecule has 0 amide bonds. The zero-order valence-corrected chi connectivity index (χ0v) is 22.0. The molecular weight excluding hydrogens is 476 g/mol. The van der Waals surface area contributed by atoms with Crippen molar-refractivity contribution in [2.75, 3.05) is 13.1 Å². The molecule has 35 heavy (non-hydrogen) atoms. The first-order valence-electron chi connectivity index (χ1n) is 12.8. The summed E-state index contributed by atoms with van der Waals surface area (Å²) in [6.45, 7) is 3.11. The van der Waals surface area contributed by atoms with Crippen LogP contribution < -0.4 is 10.1 Å². The Bertz CT molecular complexity index is 1270. The summed E-state index contributed by atoms with van der Waals surface area (Å²) < 4.78 is 12.4. The Morgan fingerprint density at radius 3 is 2.74 bits per heavy atom. The molecule has 186 valence electrons. The number of rotatable bonds is 8. The minimum Gasteiger partial charge on any atom is -0.490 e. The van der Waals surface area contributed by atoms with Crippen LogP contribution in [0.1, 0.15) is 55.7 Å². The van der Waals surface area contributed by atoms with E-state index in [-0.39, 0.29) is 12.4 Å². The van der Waals surface area contributed by atoms with E-state index in [0.717, 1.165) is 56.9 Å². The van der Waals surface area contributed by atoms with Crippen LogP contribution in [0.5, 0.6) is 5.75 Å². The second-order valence-corrected chi connectivity index (χ2v) is 10.8. The number of aryl methyl sites for hydroxylation is 2. The van der Waals surface area contributed by atoms with Gasteiger partial charge in [0, 0.05) is 31.4 Å². The number of benzene rings is 1. The van der Waals surface area contributed by atoms with Gasteiger partial charge in [0.15, 0.2) is 5.82 Å². The third-order valence-corrected chi connectivity index (χ3v) is 8.49. The highest BCUT2D eigenvalue weighted by molar-refractivity contribution is 7.17. The monoisotopic (exact) mass is 510 g/mol. The van der Waals surface area contributed by atoms with Crippen LogP contribution in [0.4, 0.5) is 0 Å². The molecule has 3 aromatic heterocycles. The van der Waals surface area contributed by atoms with Gasteiger partial charge in [-0.25, -0.2) is 4.98 Å². The second-order valence-electron chi connectivity index (χ2n) is 9.86. The first-order chi connectivity index (χ1) is 16.8. The van der Waals surface area contributed by atoms with Gasteiger partial charge in [-0.3, -0.25) is 0 Å². The quantitative estimate of drug-likeness (QED) is 0.292. The molecule has 7 heteroatoms. The zero-order chi connectivity index (χ0) is 22.9. The van der Waals surface area contributed by atoms with Gasteiger partial charge >= 0.3 is 0 Å². The summed E-state index contributed by atoms with van der Waals surface area (Å²) in [5.74, 6) is 2.81. The van der Waals surface area contributed by atoms with E-state index < -0.39 is 0 Å². The van der Waals surface area contributed by atoms with E-state index in [1.807, 2.05) is 11.3 Å². The Morgan fingerprint density at radius 1 is 1.11 bits per heavy atom. The first kappa shape index (κ1) is 24.4. The predicted octanol–water partition coefficient (Wildman–Crippen LogP) is 6.56. The molecule has 1 saturated heterocycles. The van der Waals surface area contributed by atoms with E-state index in [0.29, 0.717) is 12.0 Å². The van der Waals surface area contributed by atoms with Crippen LogP contribution in [0, 0.1) is 0 Å². The maximum absolute atomic E-state index is 6.28. The highest BCUT2D eigenvalue weighted by atomic mass is 35.5. The lowest BCUT2D eigenvalue weighted by Gasteiger charge is -2.27. The van der Waals surface area contributed by atoms with Gasteiger partial charge in [-0.1, -0.05) is 18.6 Å². The third-order valence-electron chi connectivity index (χ3n) is 7.64. The van der Waals surface area contributed by atoms with E-state index in [9.17, 15) is 0 Å². The van der Waals surface area contributed by atoms with Crippen LogP contribution in [-0.4, -0.2) is 33.3 Å². The van der Waals surface area contributed by atoms with Gasteiger partial charge in [0.05, 0.1) is 15.9 Å². The van der Waals surface area contributed by atoms with Crippen LogP contribution in [0.25, 0.3) is 21.7 Å². The number of nitrogens with zero attached hydrogens (tertiary/aromatic N) is 3. The summed E-state index contributed by atoms with van der Waals surface area (Å²) in [7, 11) is 2.17. The van der Waals surface area contributed by atoms with Crippen molar-refractivity contribution in [2.24, 2.45) is 7.05 Å². The van der Waals surface area contributed by atoms with Gasteiger partial charge in [0.25, 0.3) is 0 Å². The lowest BCUT2D eigenvalue weighted by atomic mass is 9.83. The molecule has 0 atom stereocenters. The zero-order valence-electron chi connectivity index (χ0n) is 20.4. The molecule has 0 radical (unpaired) electrons. The number of piperidine rings is 1. The molecule has 1 saturated carbocycles. The number of ether oxygens (including phenoxy) is 1. The van der Waals surface area contributed by atoms with Crippen molar-refractivity contribution in [3.8, 4) is 17.3 Å². The summed E-state index contributed by atoms with van der Waals surface area (Å²) >= 11 is 1.81. The Balaban J connectivity index is 0.00000253. The Labute approximate surface area is 217 Å². The summed E-state index contributed by atoms with van der Waals surface area (Å²) in [5, 5.41) is 5.58. The SMILES string of the molecule is Cl.Cn1c(-c2ncc(C3CCC3)n2CCCc2cccc(OC3CCNCC3)c2)cc2sccc21. The molecule has 2 fully saturated rings. The molecule has 1 aliphatic heterocycles. The normalized spacial score (nSPS) is 16.8. The van der Waals surface area contributed by atoms with Crippen LogP contribution >= 0.6 is 23.7 Å². The number of fused-ring (bicyclic) bond motifs is 1. The molecule has 0 bridgehead atoms. The van der Waals surface area contributed by atoms with E-state index in [4.69, 9.17) is 9.72 Å². The fraction of sp³-hybridized carbons (Fsp3) is 0.464. The number of halogens is 1. The molecule has 0 unspecified atom stereocenters. The molecule has 5 nitrogen and oxygen atoms in total. The number of aromatic nitrogens is 3. The molecule has 6 rings (SSSR count). The minimum absolute atomic E-state index is 0. The van der Waals surface area contributed by atoms with Gasteiger partial charge in [-0.05, 0) is 86.8 Å². The van der Waals surface area contributed by atoms with Gasteiger partial charge in [0.1, 0.15) is 11.9 Å². The maximum Gasteiger partial charge on any atom is 0.156 e. The average Bonchev–Trinajstić information content (AvgIpc) is 3.51. The van der Waals surface area contributed by atoms with Gasteiger partial charge in [0.2, 0.25) is 0 Å². The number of imidazole rings is 1. The molecular formula is C28H35ClN4OS. The predicted molar refractivity (Wildman–Crippen MR) is 147 cm³/mol. The van der Waals surface area contributed by atoms with Crippen molar-refractivity contribution in [3.05, 3.63) is 59.2 Å². The van der Waals surface area contributed by atoms with Crippen molar-refractivity contribution in [2.45, 2.75) is 63.5 Å². The summed E-state index contributed by atoms with van der Waals surface area (Å²) in [4.78, 5) is 4.95.